The van der Waals surface area contributed by atoms with Gasteiger partial charge in [0.2, 0.25) is 0 Å². The Hall–Kier alpha value is -8.16. The number of hydrogen-bond donors (Lipinski definition) is 6. The molecule has 7 aliphatic rings. The Morgan fingerprint density at radius 3 is 1.11 bits per heavy atom. The zero-order chi connectivity index (χ0) is 87.4. The standard InChI is InChI=1S/C22H27N3OS2.C21H27N3S2.C19H23N3O2S2.C18H23N3OS.C18H22N2OS.3CH4/c1-16(26)19-4-2-8-24(19)9-10-25-11-13-28-22-15-17(6-7-20(22)25)14-18(23)21-5-3-12-27-21;22-18(20-5-3-13-25-20)15-17-6-7-19-21(16-17)26-14-12-24(19)11-4-10-23-8-1-2-9-23;1-21(13-19(23)24)6-7-22-8-10-26-18-12-14(4-5-16(18)22)11-15(20)17-3-2-9-25-17;1-20(2)7-8-21-9-11-23-18-13-14(5-6-16(18)21)12-15(19)17-4-3-10-22-17;1-2-3-8-20-9-11-22-18-13-14(6-7-16(18)20)12-15(19)17-5-4-10-21-17;;;/h3,5-7,12,15,19,23H,2,4,8-11,13-14H2,1H3;3,5-7,13,16,22H,1-2,4,8-12,14-15H2;2-5,9,12,20H,6-8,10-11,13H2,1H3,(H,23,24);3-6,10,13,19H,7-9,11-12H2,1-2H3;4-7,10,13,19H,2-3,8-9,11-12H2,1H3;3*1H4/t19-;;;;;;;/m0......./s1. The van der Waals surface area contributed by atoms with Gasteiger partial charge in [-0.2, -0.15) is 0 Å². The number of aliphatic carboxylic acids is 1. The Labute approximate surface area is 795 Å². The summed E-state index contributed by atoms with van der Waals surface area (Å²) in [6, 6.07) is 52.7. The fraction of sp³-hybridized carbons (Fsp3) is 0.436. The molecule has 17 rings (SSSR count). The molecule has 0 aliphatic carbocycles. The number of ketones is 1. The van der Waals surface area contributed by atoms with E-state index in [1.54, 1.807) is 53.5 Å². The second-order valence-corrected chi connectivity index (χ2v) is 41.4. The van der Waals surface area contributed by atoms with Crippen LogP contribution in [0.1, 0.15) is 135 Å². The lowest BCUT2D eigenvalue weighted by Gasteiger charge is -2.33. The number of anilines is 5. The number of thiophene rings is 3. The number of benzene rings is 5. The van der Waals surface area contributed by atoms with Gasteiger partial charge in [-0.15, -0.1) is 92.8 Å². The third kappa shape index (κ3) is 29.9. The largest absolute Gasteiger partial charge is 0.480 e. The lowest BCUT2D eigenvalue weighted by Crippen LogP contribution is -2.42. The number of rotatable bonds is 34. The molecule has 0 saturated carbocycles. The number of Topliss-reactive ketones (excluding diaryl/α,β-unsaturated/α-hetero) is 1. The number of likely N-dealkylation sites (tertiary alicyclic amines) is 2. The van der Waals surface area contributed by atoms with Crippen LogP contribution in [0.2, 0.25) is 0 Å². The first kappa shape index (κ1) is 102. The minimum absolute atomic E-state index is 0. The lowest BCUT2D eigenvalue weighted by molar-refractivity contribution is -0.138. The molecule has 0 spiro atoms. The number of hydrogen-bond acceptors (Lipinski definition) is 26. The number of fused-ring (bicyclic) bond motifs is 5. The van der Waals surface area contributed by atoms with E-state index in [9.17, 15) is 9.59 Å². The number of unbranched alkanes of at least 4 members (excludes halogenated alkanes) is 1. The minimum atomic E-state index is -0.792. The van der Waals surface area contributed by atoms with Crippen molar-refractivity contribution in [3.8, 4) is 0 Å². The van der Waals surface area contributed by atoms with E-state index in [4.69, 9.17) is 41.0 Å². The van der Waals surface area contributed by atoms with Crippen molar-refractivity contribution in [2.45, 2.75) is 144 Å². The highest BCUT2D eigenvalue weighted by molar-refractivity contribution is 8.00. The Morgan fingerprint density at radius 1 is 0.414 bits per heavy atom. The van der Waals surface area contributed by atoms with E-state index >= 15 is 0 Å². The number of carboxylic acid groups (broad SMARTS) is 1. The van der Waals surface area contributed by atoms with Gasteiger partial charge in [0.15, 0.2) is 0 Å². The molecule has 27 heteroatoms. The summed E-state index contributed by atoms with van der Waals surface area (Å²) in [6.45, 7) is 22.3. The van der Waals surface area contributed by atoms with E-state index in [0.29, 0.717) is 65.8 Å². The highest BCUT2D eigenvalue weighted by atomic mass is 32.2. The number of nitrogens with zero attached hydrogens (tertiary/aromatic N) is 9. The van der Waals surface area contributed by atoms with Gasteiger partial charge in [-0.05, 0) is 240 Å². The summed E-state index contributed by atoms with van der Waals surface area (Å²) in [7, 11) is 6.07. The third-order valence-electron chi connectivity index (χ3n) is 23.3. The van der Waals surface area contributed by atoms with Gasteiger partial charge >= 0.3 is 5.97 Å². The SMILES string of the molecule is C.C.C.CC(=O)[C@@H]1CCCN1CCN1CCSc2cc(CC(=N)c3cccs3)ccc21.CCCCN1CCSc2cc(CC(=N)c3ccco3)ccc21.CN(C)CCN1CCSc2cc(CC(=N)c3ccco3)ccc21.CN(CCN1CCSc2cc(CC(=N)c3cccs3)ccc21)CC(=O)O.N=C(Cc1ccc2c(c1)SCCN2CCCN1CCCC1)c1cccs1. The van der Waals surface area contributed by atoms with Crippen LogP contribution in [0.4, 0.5) is 28.4 Å². The molecule has 0 bridgehead atoms. The van der Waals surface area contributed by atoms with Crippen LogP contribution in [0.15, 0.2) is 214 Å². The van der Waals surface area contributed by atoms with Crippen LogP contribution in [-0.2, 0) is 41.7 Å². The molecule has 0 unspecified atom stereocenters. The van der Waals surface area contributed by atoms with E-state index in [1.165, 1.54) is 138 Å². The third-order valence-corrected chi connectivity index (χ3v) is 31.2. The topological polar surface area (TPSA) is 229 Å². The average molecular weight is 1880 g/mol. The Kier molecular flexibility index (Phi) is 41.6. The maximum absolute atomic E-state index is 11.8. The maximum Gasteiger partial charge on any atom is 0.317 e. The van der Waals surface area contributed by atoms with E-state index in [0.717, 1.165) is 154 Å². The van der Waals surface area contributed by atoms with Gasteiger partial charge in [-0.1, -0.05) is 84.2 Å². The summed E-state index contributed by atoms with van der Waals surface area (Å²) < 4.78 is 10.6. The Bertz CT molecular complexity index is 5140. The average Bonchev–Trinajstić information content (AvgIpc) is 1.27. The van der Waals surface area contributed by atoms with Gasteiger partial charge in [0.25, 0.3) is 0 Å². The summed E-state index contributed by atoms with van der Waals surface area (Å²) in [4.78, 5) is 53.8. The minimum Gasteiger partial charge on any atom is -0.480 e. The summed E-state index contributed by atoms with van der Waals surface area (Å²) in [6.07, 6.45) is 15.2. The molecular weight excluding hydrogens is 1750 g/mol. The molecule has 19 nitrogen and oxygen atoms in total. The van der Waals surface area contributed by atoms with Crippen LogP contribution in [0.5, 0.6) is 0 Å². The van der Waals surface area contributed by atoms with Gasteiger partial charge in [0.1, 0.15) is 17.3 Å². The molecule has 1 atom stereocenters. The van der Waals surface area contributed by atoms with E-state index in [2.05, 4.69) is 151 Å². The van der Waals surface area contributed by atoms with Crippen molar-refractivity contribution in [2.75, 3.05) is 192 Å². The van der Waals surface area contributed by atoms with Gasteiger partial charge in [0.05, 0.1) is 82.1 Å². The first-order chi connectivity index (χ1) is 60.8. The lowest BCUT2D eigenvalue weighted by atomic mass is 10.1. The predicted molar refractivity (Wildman–Crippen MR) is 554 cm³/mol. The maximum atomic E-state index is 11.8. The van der Waals surface area contributed by atoms with Crippen molar-refractivity contribution in [3.05, 3.63) is 234 Å². The summed E-state index contributed by atoms with van der Waals surface area (Å²) in [5.74, 6) is 6.40. The first-order valence-corrected chi connectivity index (χ1v) is 51.5. The normalized spacial score (nSPS) is 15.6. The van der Waals surface area contributed by atoms with E-state index < -0.39 is 5.97 Å². The number of likely N-dealkylation sites (N-methyl/N-ethyl adjacent to an activating group) is 2. The molecule has 10 aromatic rings. The quantitative estimate of drug-likeness (QED) is 0.0206. The van der Waals surface area contributed by atoms with Crippen molar-refractivity contribution >= 4 is 162 Å². The molecule has 7 aliphatic heterocycles. The van der Waals surface area contributed by atoms with Gasteiger partial charge in [0, 0.05) is 185 Å². The molecular formula is C101H134N14O5S8. The van der Waals surface area contributed by atoms with Crippen molar-refractivity contribution in [2.24, 2.45) is 0 Å². The van der Waals surface area contributed by atoms with Crippen LogP contribution >= 0.6 is 92.8 Å². The van der Waals surface area contributed by atoms with Gasteiger partial charge in [-0.3, -0.25) is 19.4 Å². The smallest absolute Gasteiger partial charge is 0.317 e. The second kappa shape index (κ2) is 52.2. The van der Waals surface area contributed by atoms with Crippen molar-refractivity contribution in [1.82, 2.24) is 19.6 Å². The van der Waals surface area contributed by atoms with Crippen molar-refractivity contribution in [3.63, 3.8) is 0 Å². The number of carbonyl (C=O) groups excluding carboxylic acids is 1. The number of carbonyl (C=O) groups is 2. The molecule has 5 aromatic carbocycles. The molecule has 5 aromatic heterocycles. The van der Waals surface area contributed by atoms with Crippen molar-refractivity contribution < 1.29 is 23.5 Å². The van der Waals surface area contributed by atoms with Gasteiger partial charge < -0.3 is 75.3 Å². The number of carboxylic acids is 1. The van der Waals surface area contributed by atoms with E-state index in [-0.39, 0.29) is 34.9 Å². The fourth-order valence-corrected chi connectivity index (χ4v) is 24.2. The molecule has 12 heterocycles. The van der Waals surface area contributed by atoms with E-state index in [1.807, 2.05) is 148 Å². The first-order valence-electron chi connectivity index (χ1n) is 44.0. The highest BCUT2D eigenvalue weighted by Gasteiger charge is 2.30. The van der Waals surface area contributed by atoms with Crippen LogP contribution < -0.4 is 24.5 Å². The molecule has 0 amide bonds. The van der Waals surface area contributed by atoms with Gasteiger partial charge in [-0.25, -0.2) is 0 Å². The monoisotopic (exact) mass is 1880 g/mol. The predicted octanol–water partition coefficient (Wildman–Crippen LogP) is 22.2. The Morgan fingerprint density at radius 2 is 0.773 bits per heavy atom. The summed E-state index contributed by atoms with van der Waals surface area (Å²) >= 11 is 14.5. The molecule has 686 valence electrons. The number of thioether (sulfide) groups is 5. The van der Waals surface area contributed by atoms with Crippen LogP contribution in [0.3, 0.4) is 0 Å². The zero-order valence-corrected chi connectivity index (χ0v) is 79.5. The van der Waals surface area contributed by atoms with Crippen LogP contribution in [-0.4, -0.2) is 239 Å². The molecule has 6 N–H and O–H groups in total. The van der Waals surface area contributed by atoms with Crippen molar-refractivity contribution in [1.29, 1.82) is 27.0 Å². The molecule has 128 heavy (non-hydrogen) atoms. The Balaban J connectivity index is 0.000000166. The fourth-order valence-electron chi connectivity index (χ4n) is 16.6. The molecule has 0 radical (unpaired) electrons. The number of nitrogens with one attached hydrogen (secondary N) is 5. The number of furan rings is 2. The molecule has 2 fully saturated rings. The zero-order valence-electron chi connectivity index (χ0n) is 73.0. The van der Waals surface area contributed by atoms with Crippen LogP contribution in [0.25, 0.3) is 0 Å². The second-order valence-electron chi connectivity index (χ2n) is 32.8. The summed E-state index contributed by atoms with van der Waals surface area (Å²) in [5, 5.41) is 56.2. The van der Waals surface area contributed by atoms with Crippen LogP contribution in [0, 0.1) is 27.0 Å². The molecule has 2 saturated heterocycles. The summed E-state index contributed by atoms with van der Waals surface area (Å²) in [5.41, 5.74) is 15.7. The highest BCUT2D eigenvalue weighted by Crippen LogP contribution is 2.41.